The fourth-order valence-corrected chi connectivity index (χ4v) is 1.96. The first-order valence-electron chi connectivity index (χ1n) is 5.19. The van der Waals surface area contributed by atoms with E-state index in [1.54, 1.807) is 0 Å². The molecular weight excluding hydrogens is 192 g/mol. The Kier molecular flexibility index (Phi) is 3.05. The number of aryl methyl sites for hydroxylation is 1. The van der Waals surface area contributed by atoms with Crippen molar-refractivity contribution in [3.05, 3.63) is 35.4 Å². The minimum absolute atomic E-state index is 0.0106. The minimum Gasteiger partial charge on any atom is -0.394 e. The second-order valence-electron chi connectivity index (χ2n) is 3.84. The molecule has 1 N–H and O–H groups in total. The summed E-state index contributed by atoms with van der Waals surface area (Å²) in [5.74, 6) is 0. The van der Waals surface area contributed by atoms with Gasteiger partial charge in [0.05, 0.1) is 6.61 Å². The van der Waals surface area contributed by atoms with Crippen LogP contribution in [0.4, 0.5) is 0 Å². The van der Waals surface area contributed by atoms with Crippen LogP contribution in [0.3, 0.4) is 0 Å². The van der Waals surface area contributed by atoms with E-state index in [1.807, 2.05) is 38.1 Å². The molecule has 0 bridgehead atoms. The summed E-state index contributed by atoms with van der Waals surface area (Å²) in [6.07, 6.45) is -0.640. The van der Waals surface area contributed by atoms with Crippen molar-refractivity contribution in [2.45, 2.75) is 32.3 Å². The first-order valence-corrected chi connectivity index (χ1v) is 5.19. The second kappa shape index (κ2) is 4.31. The molecule has 0 saturated carbocycles. The van der Waals surface area contributed by atoms with E-state index < -0.39 is 0 Å². The molecule has 0 radical (unpaired) electrons. The zero-order chi connectivity index (χ0) is 10.8. The Labute approximate surface area is 89.6 Å². The lowest BCUT2D eigenvalue weighted by molar-refractivity contribution is -0.0564. The number of benzene rings is 1. The summed E-state index contributed by atoms with van der Waals surface area (Å²) in [5, 5.41) is 9.20. The van der Waals surface area contributed by atoms with Crippen LogP contribution in [0.15, 0.2) is 24.3 Å². The molecule has 3 nitrogen and oxygen atoms in total. The number of rotatable bonds is 2. The van der Waals surface area contributed by atoms with Crippen LogP contribution in [0.25, 0.3) is 0 Å². The summed E-state index contributed by atoms with van der Waals surface area (Å²) in [7, 11) is 0. The van der Waals surface area contributed by atoms with Crippen LogP contribution in [-0.4, -0.2) is 24.1 Å². The third-order valence-corrected chi connectivity index (χ3v) is 2.72. The van der Waals surface area contributed by atoms with Gasteiger partial charge >= 0.3 is 0 Å². The Bertz CT molecular complexity index is 337. The lowest BCUT2D eigenvalue weighted by Gasteiger charge is -2.16. The lowest BCUT2D eigenvalue weighted by atomic mass is 10.00. The van der Waals surface area contributed by atoms with E-state index >= 15 is 0 Å². The number of ether oxygens (including phenoxy) is 2. The van der Waals surface area contributed by atoms with Crippen molar-refractivity contribution >= 4 is 0 Å². The van der Waals surface area contributed by atoms with Crippen molar-refractivity contribution < 1.29 is 14.6 Å². The summed E-state index contributed by atoms with van der Waals surface area (Å²) in [6.45, 7) is 3.88. The Morgan fingerprint density at radius 2 is 2.00 bits per heavy atom. The van der Waals surface area contributed by atoms with Gasteiger partial charge in [-0.1, -0.05) is 24.3 Å². The highest BCUT2D eigenvalue weighted by Gasteiger charge is 2.34. The molecule has 82 valence electrons. The van der Waals surface area contributed by atoms with Gasteiger partial charge in [-0.15, -0.1) is 0 Å². The predicted molar refractivity (Wildman–Crippen MR) is 56.4 cm³/mol. The van der Waals surface area contributed by atoms with Gasteiger partial charge in [0, 0.05) is 0 Å². The van der Waals surface area contributed by atoms with Gasteiger partial charge in [0.1, 0.15) is 12.2 Å². The number of aliphatic hydroxyl groups is 1. The van der Waals surface area contributed by atoms with E-state index in [1.165, 1.54) is 5.56 Å². The molecule has 0 unspecified atom stereocenters. The molecule has 1 saturated heterocycles. The van der Waals surface area contributed by atoms with Gasteiger partial charge in [-0.25, -0.2) is 0 Å². The lowest BCUT2D eigenvalue weighted by Crippen LogP contribution is -2.20. The molecule has 1 aliphatic heterocycles. The molecule has 3 heteroatoms. The summed E-state index contributed by atoms with van der Waals surface area (Å²) >= 11 is 0. The van der Waals surface area contributed by atoms with E-state index in [0.29, 0.717) is 0 Å². The molecule has 0 aliphatic carbocycles. The normalized spacial score (nSPS) is 30.7. The fraction of sp³-hybridized carbons (Fsp3) is 0.500. The number of hydrogen-bond acceptors (Lipinski definition) is 3. The molecule has 1 fully saturated rings. The van der Waals surface area contributed by atoms with Gasteiger partial charge in [0.15, 0.2) is 6.29 Å². The van der Waals surface area contributed by atoms with Crippen LogP contribution in [0.2, 0.25) is 0 Å². The Balaban J connectivity index is 2.26. The highest BCUT2D eigenvalue weighted by molar-refractivity contribution is 5.29. The van der Waals surface area contributed by atoms with Crippen molar-refractivity contribution in [3.63, 3.8) is 0 Å². The third kappa shape index (κ3) is 2.04. The van der Waals surface area contributed by atoms with Gasteiger partial charge in [-0.05, 0) is 25.0 Å². The Morgan fingerprint density at radius 3 is 2.67 bits per heavy atom. The summed E-state index contributed by atoms with van der Waals surface area (Å²) in [4.78, 5) is 0. The van der Waals surface area contributed by atoms with Crippen molar-refractivity contribution in [1.29, 1.82) is 0 Å². The van der Waals surface area contributed by atoms with Crippen molar-refractivity contribution in [3.8, 4) is 0 Å². The van der Waals surface area contributed by atoms with Crippen LogP contribution in [0.5, 0.6) is 0 Å². The first kappa shape index (κ1) is 10.6. The van der Waals surface area contributed by atoms with Crippen molar-refractivity contribution in [1.82, 2.24) is 0 Å². The van der Waals surface area contributed by atoms with Crippen LogP contribution in [0, 0.1) is 6.92 Å². The zero-order valence-electron chi connectivity index (χ0n) is 9.01. The van der Waals surface area contributed by atoms with E-state index in [-0.39, 0.29) is 25.1 Å². The maximum Gasteiger partial charge on any atom is 0.156 e. The minimum atomic E-state index is -0.249. The van der Waals surface area contributed by atoms with E-state index in [9.17, 15) is 5.11 Å². The molecule has 0 amide bonds. The standard InChI is InChI=1S/C12H16O3/c1-8-5-3-4-6-10(8)12-11(7-13)14-9(2)15-12/h3-6,9,11-13H,7H2,1-2H3/t9-,11+,12+/m1/s1. The van der Waals surface area contributed by atoms with Crippen molar-refractivity contribution in [2.24, 2.45) is 0 Å². The molecule has 0 aromatic heterocycles. The molecular formula is C12H16O3. The quantitative estimate of drug-likeness (QED) is 0.805. The fourth-order valence-electron chi connectivity index (χ4n) is 1.96. The smallest absolute Gasteiger partial charge is 0.156 e. The molecule has 15 heavy (non-hydrogen) atoms. The van der Waals surface area contributed by atoms with Crippen LogP contribution >= 0.6 is 0 Å². The summed E-state index contributed by atoms with van der Waals surface area (Å²) in [5.41, 5.74) is 2.26. The molecule has 1 heterocycles. The topological polar surface area (TPSA) is 38.7 Å². The average molecular weight is 208 g/mol. The zero-order valence-corrected chi connectivity index (χ0v) is 9.01. The third-order valence-electron chi connectivity index (χ3n) is 2.72. The molecule has 1 aromatic carbocycles. The Morgan fingerprint density at radius 1 is 1.27 bits per heavy atom. The van der Waals surface area contributed by atoms with E-state index in [4.69, 9.17) is 9.47 Å². The second-order valence-corrected chi connectivity index (χ2v) is 3.84. The monoisotopic (exact) mass is 208 g/mol. The van der Waals surface area contributed by atoms with Crippen LogP contribution in [-0.2, 0) is 9.47 Å². The summed E-state index contributed by atoms with van der Waals surface area (Å²) < 4.78 is 11.1. The van der Waals surface area contributed by atoms with Crippen molar-refractivity contribution in [2.75, 3.05) is 6.61 Å². The van der Waals surface area contributed by atoms with Gasteiger partial charge < -0.3 is 14.6 Å². The van der Waals surface area contributed by atoms with Crippen LogP contribution in [0.1, 0.15) is 24.2 Å². The van der Waals surface area contributed by atoms with Gasteiger partial charge in [-0.2, -0.15) is 0 Å². The predicted octanol–water partition coefficient (Wildman–Crippen LogP) is 1.79. The van der Waals surface area contributed by atoms with Gasteiger partial charge in [-0.3, -0.25) is 0 Å². The van der Waals surface area contributed by atoms with Crippen LogP contribution < -0.4 is 0 Å². The van der Waals surface area contributed by atoms with Gasteiger partial charge in [0.2, 0.25) is 0 Å². The number of hydrogen-bond donors (Lipinski definition) is 1. The maximum atomic E-state index is 9.20. The SMILES string of the molecule is Cc1ccccc1[C@@H]1O[C@H](C)O[C@H]1CO. The molecule has 3 atom stereocenters. The van der Waals surface area contributed by atoms with E-state index in [2.05, 4.69) is 0 Å². The van der Waals surface area contributed by atoms with Gasteiger partial charge in [0.25, 0.3) is 0 Å². The molecule has 0 spiro atoms. The molecule has 1 aromatic rings. The largest absolute Gasteiger partial charge is 0.394 e. The molecule has 1 aliphatic rings. The maximum absolute atomic E-state index is 9.20. The highest BCUT2D eigenvalue weighted by atomic mass is 16.7. The summed E-state index contributed by atoms with van der Waals surface area (Å²) in [6, 6.07) is 8.02. The number of aliphatic hydroxyl groups excluding tert-OH is 1. The highest BCUT2D eigenvalue weighted by Crippen LogP contribution is 2.33. The molecule has 2 rings (SSSR count). The Hall–Kier alpha value is -0.900. The van der Waals surface area contributed by atoms with E-state index in [0.717, 1.165) is 5.56 Å². The average Bonchev–Trinajstić information content (AvgIpc) is 2.60. The first-order chi connectivity index (χ1) is 7.22.